The van der Waals surface area contributed by atoms with E-state index in [2.05, 4.69) is 12.2 Å². The van der Waals surface area contributed by atoms with Crippen molar-refractivity contribution in [1.82, 2.24) is 0 Å². The standard InChI is InChI=1S/C26H53NO4/c1-24(19-22-28)30-26(31-25(2)20-23-29)18-16-14-12-10-8-6-4-3-5-7-9-11-13-15-17-21-27/h3-4,24-26,28-29H,5-23,27H2,1-2H3. The number of aliphatic hydroxyl groups excluding tert-OH is 2. The number of hydrogen-bond donors (Lipinski definition) is 3. The van der Waals surface area contributed by atoms with E-state index in [1.807, 2.05) is 13.8 Å². The van der Waals surface area contributed by atoms with Gasteiger partial charge in [0.25, 0.3) is 0 Å². The van der Waals surface area contributed by atoms with Crippen molar-refractivity contribution in [2.75, 3.05) is 19.8 Å². The Bertz CT molecular complexity index is 364. The third-order valence-electron chi connectivity index (χ3n) is 5.64. The van der Waals surface area contributed by atoms with Gasteiger partial charge in [0.2, 0.25) is 0 Å². The molecule has 0 bridgehead atoms. The summed E-state index contributed by atoms with van der Waals surface area (Å²) in [5.41, 5.74) is 5.51. The number of hydrogen-bond acceptors (Lipinski definition) is 5. The zero-order chi connectivity index (χ0) is 23.0. The van der Waals surface area contributed by atoms with Gasteiger partial charge >= 0.3 is 0 Å². The second-order valence-corrected chi connectivity index (χ2v) is 8.86. The fourth-order valence-corrected chi connectivity index (χ4v) is 3.64. The first-order valence-electron chi connectivity index (χ1n) is 13.0. The van der Waals surface area contributed by atoms with Gasteiger partial charge < -0.3 is 25.4 Å². The number of nitrogens with two attached hydrogens (primary N) is 1. The minimum atomic E-state index is -0.244. The summed E-state index contributed by atoms with van der Waals surface area (Å²) < 4.78 is 11.9. The number of ether oxygens (including phenoxy) is 2. The number of unbranched alkanes of at least 4 members (excludes halogenated alkanes) is 11. The van der Waals surface area contributed by atoms with E-state index in [4.69, 9.17) is 25.4 Å². The Kier molecular flexibility index (Phi) is 23.8. The summed E-state index contributed by atoms with van der Waals surface area (Å²) in [5.74, 6) is 0. The van der Waals surface area contributed by atoms with Gasteiger partial charge in [-0.05, 0) is 78.2 Å². The van der Waals surface area contributed by atoms with Gasteiger partial charge in [0.15, 0.2) is 6.29 Å². The van der Waals surface area contributed by atoms with Crippen molar-refractivity contribution < 1.29 is 19.7 Å². The summed E-state index contributed by atoms with van der Waals surface area (Å²) >= 11 is 0. The van der Waals surface area contributed by atoms with Crippen molar-refractivity contribution >= 4 is 0 Å². The first kappa shape index (κ1) is 30.5. The number of allylic oxidation sites excluding steroid dienone is 2. The Morgan fingerprint density at radius 1 is 0.613 bits per heavy atom. The molecule has 0 aliphatic carbocycles. The van der Waals surface area contributed by atoms with Gasteiger partial charge in [-0.2, -0.15) is 0 Å². The van der Waals surface area contributed by atoms with Gasteiger partial charge in [0.05, 0.1) is 12.2 Å². The molecule has 2 unspecified atom stereocenters. The smallest absolute Gasteiger partial charge is 0.158 e. The molecule has 0 rings (SSSR count). The maximum Gasteiger partial charge on any atom is 0.158 e. The molecule has 2 atom stereocenters. The topological polar surface area (TPSA) is 84.9 Å². The minimum absolute atomic E-state index is 0.0146. The van der Waals surface area contributed by atoms with Crippen LogP contribution in [0.3, 0.4) is 0 Å². The predicted octanol–water partition coefficient (Wildman–Crippen LogP) is 5.86. The fourth-order valence-electron chi connectivity index (χ4n) is 3.64. The molecule has 0 aromatic heterocycles. The van der Waals surface area contributed by atoms with Crippen LogP contribution in [0.15, 0.2) is 12.2 Å². The molecule has 0 radical (unpaired) electrons. The van der Waals surface area contributed by atoms with Crippen LogP contribution in [0.1, 0.15) is 117 Å². The van der Waals surface area contributed by atoms with Crippen molar-refractivity contribution in [1.29, 1.82) is 0 Å². The second kappa shape index (κ2) is 24.2. The largest absolute Gasteiger partial charge is 0.396 e. The fraction of sp³-hybridized carbons (Fsp3) is 0.923. The van der Waals surface area contributed by atoms with E-state index in [1.165, 1.54) is 77.0 Å². The molecule has 4 N–H and O–H groups in total. The first-order valence-corrected chi connectivity index (χ1v) is 13.0. The summed E-state index contributed by atoms with van der Waals surface area (Å²) in [7, 11) is 0. The highest BCUT2D eigenvalue weighted by atomic mass is 16.7. The number of aliphatic hydroxyl groups is 2. The predicted molar refractivity (Wildman–Crippen MR) is 131 cm³/mol. The third-order valence-corrected chi connectivity index (χ3v) is 5.64. The molecule has 0 amide bonds. The van der Waals surface area contributed by atoms with Crippen molar-refractivity contribution in [2.24, 2.45) is 5.73 Å². The quantitative estimate of drug-likeness (QED) is 0.0987. The first-order chi connectivity index (χ1) is 15.1. The van der Waals surface area contributed by atoms with Gasteiger partial charge in [-0.15, -0.1) is 0 Å². The molecule has 0 saturated carbocycles. The molecule has 0 aromatic rings. The molecule has 0 aromatic carbocycles. The molecule has 31 heavy (non-hydrogen) atoms. The SMILES string of the molecule is CC(CCO)OC(CCCCCCCC=CCCCCCCCCN)OC(C)CCO. The molecule has 186 valence electrons. The lowest BCUT2D eigenvalue weighted by Crippen LogP contribution is -2.28. The Hall–Kier alpha value is -0.460. The van der Waals surface area contributed by atoms with Gasteiger partial charge in [0.1, 0.15) is 0 Å². The molecule has 0 spiro atoms. The van der Waals surface area contributed by atoms with Gasteiger partial charge in [0, 0.05) is 13.2 Å². The lowest BCUT2D eigenvalue weighted by molar-refractivity contribution is -0.195. The lowest BCUT2D eigenvalue weighted by Gasteiger charge is -2.25. The van der Waals surface area contributed by atoms with Crippen LogP contribution in [0.5, 0.6) is 0 Å². The van der Waals surface area contributed by atoms with Gasteiger partial charge in [-0.1, -0.05) is 57.1 Å². The van der Waals surface area contributed by atoms with Crippen LogP contribution >= 0.6 is 0 Å². The Labute approximate surface area is 192 Å². The van der Waals surface area contributed by atoms with Crippen LogP contribution in [-0.4, -0.2) is 48.5 Å². The van der Waals surface area contributed by atoms with E-state index in [-0.39, 0.29) is 31.7 Å². The van der Waals surface area contributed by atoms with Crippen LogP contribution < -0.4 is 5.73 Å². The van der Waals surface area contributed by atoms with E-state index in [0.717, 1.165) is 19.4 Å². The Balaban J connectivity index is 3.68. The van der Waals surface area contributed by atoms with Crippen molar-refractivity contribution in [3.8, 4) is 0 Å². The average molecular weight is 444 g/mol. The summed E-state index contributed by atoms with van der Waals surface area (Å²) in [5, 5.41) is 18.2. The van der Waals surface area contributed by atoms with Gasteiger partial charge in [-0.3, -0.25) is 0 Å². The molecule has 0 heterocycles. The van der Waals surface area contributed by atoms with Crippen LogP contribution in [0.25, 0.3) is 0 Å². The van der Waals surface area contributed by atoms with Crippen LogP contribution in [0.2, 0.25) is 0 Å². The normalized spacial score (nSPS) is 14.9. The molecule has 5 nitrogen and oxygen atoms in total. The molecule has 0 fully saturated rings. The molecular weight excluding hydrogens is 390 g/mol. The van der Waals surface area contributed by atoms with Crippen molar-refractivity contribution in [3.05, 3.63) is 12.2 Å². The number of rotatable bonds is 24. The summed E-state index contributed by atoms with van der Waals surface area (Å²) in [6, 6.07) is 0. The van der Waals surface area contributed by atoms with E-state index in [9.17, 15) is 0 Å². The monoisotopic (exact) mass is 443 g/mol. The molecule has 0 aliphatic heterocycles. The van der Waals surface area contributed by atoms with Crippen molar-refractivity contribution in [2.45, 2.75) is 135 Å². The molecular formula is C26H53NO4. The summed E-state index contributed by atoms with van der Waals surface area (Å²) in [6.07, 6.45) is 22.9. The highest BCUT2D eigenvalue weighted by Gasteiger charge is 2.16. The maximum atomic E-state index is 9.08. The maximum absolute atomic E-state index is 9.08. The zero-order valence-corrected chi connectivity index (χ0v) is 20.6. The Morgan fingerprint density at radius 3 is 1.48 bits per heavy atom. The van der Waals surface area contributed by atoms with Crippen molar-refractivity contribution in [3.63, 3.8) is 0 Å². The summed E-state index contributed by atoms with van der Waals surface area (Å²) in [4.78, 5) is 0. The molecule has 0 saturated heterocycles. The van der Waals surface area contributed by atoms with Crippen LogP contribution in [0.4, 0.5) is 0 Å². The van der Waals surface area contributed by atoms with E-state index >= 15 is 0 Å². The molecule has 0 aliphatic rings. The van der Waals surface area contributed by atoms with E-state index in [0.29, 0.717) is 12.8 Å². The lowest BCUT2D eigenvalue weighted by atomic mass is 10.1. The minimum Gasteiger partial charge on any atom is -0.396 e. The van der Waals surface area contributed by atoms with E-state index in [1.54, 1.807) is 0 Å². The Morgan fingerprint density at radius 2 is 1.03 bits per heavy atom. The van der Waals surface area contributed by atoms with Crippen LogP contribution in [-0.2, 0) is 9.47 Å². The molecule has 5 heteroatoms. The second-order valence-electron chi connectivity index (χ2n) is 8.86. The third kappa shape index (κ3) is 22.5. The average Bonchev–Trinajstić information content (AvgIpc) is 2.73. The highest BCUT2D eigenvalue weighted by molar-refractivity contribution is 4.81. The summed E-state index contributed by atoms with van der Waals surface area (Å²) in [6.45, 7) is 5.04. The van der Waals surface area contributed by atoms with E-state index < -0.39 is 0 Å². The van der Waals surface area contributed by atoms with Crippen LogP contribution in [0, 0.1) is 0 Å². The zero-order valence-electron chi connectivity index (χ0n) is 20.6. The van der Waals surface area contributed by atoms with Gasteiger partial charge in [-0.25, -0.2) is 0 Å². The highest BCUT2D eigenvalue weighted by Crippen LogP contribution is 2.16.